The van der Waals surface area contributed by atoms with Crippen molar-refractivity contribution >= 4 is 11.7 Å². The van der Waals surface area contributed by atoms with Gasteiger partial charge in [0.25, 0.3) is 0 Å². The van der Waals surface area contributed by atoms with Gasteiger partial charge in [-0.3, -0.25) is 9.59 Å². The maximum atomic E-state index is 12.7. The zero-order valence-electron chi connectivity index (χ0n) is 14.8. The normalized spacial score (nSPS) is 16.1. The Morgan fingerprint density at radius 3 is 2.70 bits per heavy atom. The number of ketones is 1. The van der Waals surface area contributed by atoms with Gasteiger partial charge in [-0.1, -0.05) is 26.8 Å². The second kappa shape index (κ2) is 6.73. The van der Waals surface area contributed by atoms with E-state index in [1.807, 2.05) is 6.92 Å². The molecule has 4 nitrogen and oxygen atoms in total. The van der Waals surface area contributed by atoms with Crippen LogP contribution in [0.15, 0.2) is 12.7 Å². The summed E-state index contributed by atoms with van der Waals surface area (Å²) in [5.41, 5.74) is 3.90. The number of hydrogen-bond acceptors (Lipinski definition) is 2. The van der Waals surface area contributed by atoms with Crippen LogP contribution in [0.2, 0.25) is 0 Å². The number of fused-ring (bicyclic) bond motifs is 1. The van der Waals surface area contributed by atoms with Gasteiger partial charge in [-0.25, -0.2) is 0 Å². The summed E-state index contributed by atoms with van der Waals surface area (Å²) in [7, 11) is 0. The van der Waals surface area contributed by atoms with Crippen LogP contribution < -0.4 is 5.32 Å². The Balaban J connectivity index is 2.45. The molecule has 1 aliphatic carbocycles. The summed E-state index contributed by atoms with van der Waals surface area (Å²) in [6.07, 6.45) is 4.39. The molecule has 23 heavy (non-hydrogen) atoms. The summed E-state index contributed by atoms with van der Waals surface area (Å²) in [5.74, 6) is 0.128. The maximum Gasteiger partial charge on any atom is 0.224 e. The van der Waals surface area contributed by atoms with Gasteiger partial charge < -0.3 is 9.88 Å². The van der Waals surface area contributed by atoms with Gasteiger partial charge in [0.15, 0.2) is 5.78 Å². The van der Waals surface area contributed by atoms with Crippen LogP contribution >= 0.6 is 0 Å². The first-order chi connectivity index (χ1) is 10.8. The molecular formula is C19H28N2O2. The molecule has 1 aliphatic rings. The Morgan fingerprint density at radius 1 is 1.39 bits per heavy atom. The minimum Gasteiger partial charge on any atom is -0.352 e. The smallest absolute Gasteiger partial charge is 0.224 e. The van der Waals surface area contributed by atoms with Crippen molar-refractivity contribution in [1.82, 2.24) is 9.88 Å². The van der Waals surface area contributed by atoms with Crippen LogP contribution in [0.4, 0.5) is 0 Å². The lowest BCUT2D eigenvalue weighted by atomic mass is 9.75. The van der Waals surface area contributed by atoms with E-state index in [1.54, 1.807) is 6.08 Å². The molecule has 4 heteroatoms. The maximum absolute atomic E-state index is 12.7. The molecule has 1 heterocycles. The molecule has 0 aliphatic heterocycles. The van der Waals surface area contributed by atoms with Crippen molar-refractivity contribution in [2.24, 2.45) is 5.41 Å². The molecule has 0 saturated carbocycles. The minimum absolute atomic E-state index is 0.0112. The number of Topliss-reactive ketones (excluding diaryl/α,β-unsaturated/α-hetero) is 1. The molecule has 0 unspecified atom stereocenters. The highest BCUT2D eigenvalue weighted by molar-refractivity contribution is 6.01. The second-order valence-corrected chi connectivity index (χ2v) is 7.25. The van der Waals surface area contributed by atoms with Crippen LogP contribution in [0.5, 0.6) is 0 Å². The monoisotopic (exact) mass is 316 g/mol. The molecule has 0 spiro atoms. The van der Waals surface area contributed by atoms with Crippen LogP contribution in [0, 0.1) is 12.3 Å². The average molecular weight is 316 g/mol. The summed E-state index contributed by atoms with van der Waals surface area (Å²) in [4.78, 5) is 24.9. The summed E-state index contributed by atoms with van der Waals surface area (Å²) >= 11 is 0. The number of nitrogens with one attached hydrogen (secondary N) is 1. The third-order valence-corrected chi connectivity index (χ3v) is 4.55. The fourth-order valence-electron chi connectivity index (χ4n) is 3.56. The number of hydrogen-bond donors (Lipinski definition) is 1. The first-order valence-corrected chi connectivity index (χ1v) is 8.42. The fraction of sp³-hybridized carbons (Fsp3) is 0.579. The molecule has 1 aromatic rings. The lowest BCUT2D eigenvalue weighted by Gasteiger charge is -2.30. The van der Waals surface area contributed by atoms with E-state index in [4.69, 9.17) is 0 Å². The standard InChI is InChI=1S/C19H28N2O2/c1-6-8-20-17(23)10-14-13(3)21(9-7-2)15-11-19(4,5)12-16(22)18(14)15/h6H,1,7-12H2,2-5H3,(H,20,23). The van der Waals surface area contributed by atoms with Crippen LogP contribution in [-0.2, 0) is 24.2 Å². The zero-order chi connectivity index (χ0) is 17.2. The number of carbonyl (C=O) groups is 2. The van der Waals surface area contributed by atoms with Crippen LogP contribution in [0.25, 0.3) is 0 Å². The van der Waals surface area contributed by atoms with Gasteiger partial charge in [-0.05, 0) is 30.7 Å². The molecule has 0 aromatic carbocycles. The van der Waals surface area contributed by atoms with E-state index >= 15 is 0 Å². The van der Waals surface area contributed by atoms with Crippen molar-refractivity contribution in [2.75, 3.05) is 6.54 Å². The Bertz CT molecular complexity index is 638. The molecule has 0 fully saturated rings. The SMILES string of the molecule is C=CCNC(=O)Cc1c2c(n(CCC)c1C)CC(C)(C)CC2=O. The number of carbonyl (C=O) groups excluding carboxylic acids is 2. The number of amides is 1. The first-order valence-electron chi connectivity index (χ1n) is 8.42. The van der Waals surface area contributed by atoms with E-state index in [0.29, 0.717) is 13.0 Å². The van der Waals surface area contributed by atoms with E-state index in [-0.39, 0.29) is 23.5 Å². The molecule has 1 amide bonds. The largest absolute Gasteiger partial charge is 0.352 e. The molecule has 0 saturated heterocycles. The van der Waals surface area contributed by atoms with Gasteiger partial charge in [0.1, 0.15) is 0 Å². The lowest BCUT2D eigenvalue weighted by molar-refractivity contribution is -0.120. The number of rotatable bonds is 6. The number of nitrogens with zero attached hydrogens (tertiary/aromatic N) is 1. The Kier molecular flexibility index (Phi) is 5.12. The summed E-state index contributed by atoms with van der Waals surface area (Å²) < 4.78 is 2.25. The van der Waals surface area contributed by atoms with Gasteiger partial charge in [0.05, 0.1) is 6.42 Å². The molecular weight excluding hydrogens is 288 g/mol. The fourth-order valence-corrected chi connectivity index (χ4v) is 3.56. The van der Waals surface area contributed by atoms with Crippen molar-refractivity contribution in [3.8, 4) is 0 Å². The topological polar surface area (TPSA) is 51.1 Å². The first kappa shape index (κ1) is 17.5. The predicted octanol–water partition coefficient (Wildman–Crippen LogP) is 3.21. The Morgan fingerprint density at radius 2 is 2.09 bits per heavy atom. The van der Waals surface area contributed by atoms with E-state index in [2.05, 4.69) is 37.2 Å². The van der Waals surface area contributed by atoms with Crippen LogP contribution in [0.3, 0.4) is 0 Å². The summed E-state index contributed by atoms with van der Waals surface area (Å²) in [6.45, 7) is 13.4. The van der Waals surface area contributed by atoms with Crippen LogP contribution in [-0.4, -0.2) is 22.8 Å². The Labute approximate surface area is 139 Å². The molecule has 1 aromatic heterocycles. The van der Waals surface area contributed by atoms with E-state index < -0.39 is 0 Å². The molecule has 2 rings (SSSR count). The average Bonchev–Trinajstić information content (AvgIpc) is 2.70. The van der Waals surface area contributed by atoms with E-state index in [1.165, 1.54) is 0 Å². The number of aromatic nitrogens is 1. The summed E-state index contributed by atoms with van der Waals surface area (Å²) in [6, 6.07) is 0. The minimum atomic E-state index is -0.0536. The highest BCUT2D eigenvalue weighted by Crippen LogP contribution is 2.38. The van der Waals surface area contributed by atoms with Gasteiger partial charge in [0, 0.05) is 36.5 Å². The molecule has 1 N–H and O–H groups in total. The van der Waals surface area contributed by atoms with Crippen molar-refractivity contribution in [3.05, 3.63) is 35.2 Å². The molecule has 0 radical (unpaired) electrons. The third-order valence-electron chi connectivity index (χ3n) is 4.55. The molecule has 126 valence electrons. The molecule has 0 atom stereocenters. The highest BCUT2D eigenvalue weighted by Gasteiger charge is 2.36. The van der Waals surface area contributed by atoms with Gasteiger partial charge in [0.2, 0.25) is 5.91 Å². The zero-order valence-corrected chi connectivity index (χ0v) is 14.8. The predicted molar refractivity (Wildman–Crippen MR) is 92.8 cm³/mol. The summed E-state index contributed by atoms with van der Waals surface area (Å²) in [5, 5.41) is 2.81. The van der Waals surface area contributed by atoms with Crippen LogP contribution in [0.1, 0.15) is 60.9 Å². The quantitative estimate of drug-likeness (QED) is 0.819. The van der Waals surface area contributed by atoms with E-state index in [9.17, 15) is 9.59 Å². The second-order valence-electron chi connectivity index (χ2n) is 7.25. The van der Waals surface area contributed by atoms with E-state index in [0.717, 1.165) is 41.9 Å². The molecule has 0 bridgehead atoms. The van der Waals surface area contributed by atoms with Crippen molar-refractivity contribution < 1.29 is 9.59 Å². The van der Waals surface area contributed by atoms with Gasteiger partial charge >= 0.3 is 0 Å². The van der Waals surface area contributed by atoms with Crippen molar-refractivity contribution in [1.29, 1.82) is 0 Å². The third kappa shape index (κ3) is 3.57. The Hall–Kier alpha value is -1.84. The van der Waals surface area contributed by atoms with Gasteiger partial charge in [-0.15, -0.1) is 6.58 Å². The lowest BCUT2D eigenvalue weighted by Crippen LogP contribution is -2.29. The van der Waals surface area contributed by atoms with Crippen molar-refractivity contribution in [3.63, 3.8) is 0 Å². The van der Waals surface area contributed by atoms with Gasteiger partial charge in [-0.2, -0.15) is 0 Å². The van der Waals surface area contributed by atoms with Crippen molar-refractivity contribution in [2.45, 2.75) is 59.9 Å². The highest BCUT2D eigenvalue weighted by atomic mass is 16.1.